The van der Waals surface area contributed by atoms with Gasteiger partial charge in [0.15, 0.2) is 0 Å². The molecule has 0 aromatic heterocycles. The fourth-order valence-electron chi connectivity index (χ4n) is 9.69. The minimum absolute atomic E-state index is 0.0394. The molecule has 0 unspecified atom stereocenters. The summed E-state index contributed by atoms with van der Waals surface area (Å²) in [5.74, 6) is 4.40. The van der Waals surface area contributed by atoms with Crippen molar-refractivity contribution in [3.8, 4) is 0 Å². The number of fused-ring (bicyclic) bond motifs is 7. The van der Waals surface area contributed by atoms with Crippen molar-refractivity contribution in [2.24, 2.45) is 40.4 Å². The Balaban J connectivity index is 1.31. The molecule has 1 heterocycles. The molecular formula is C31H46INO4. The van der Waals surface area contributed by atoms with Crippen molar-refractivity contribution in [2.45, 2.75) is 109 Å². The summed E-state index contributed by atoms with van der Waals surface area (Å²) < 4.78 is 12.8. The van der Waals surface area contributed by atoms with Crippen LogP contribution in [0.3, 0.4) is 0 Å². The first-order valence-corrected chi connectivity index (χ1v) is 15.8. The number of alkyl halides is 1. The highest BCUT2D eigenvalue weighted by Crippen LogP contribution is 2.69. The maximum absolute atomic E-state index is 11.6. The zero-order valence-electron chi connectivity index (χ0n) is 23.6. The maximum Gasteiger partial charge on any atom is 0.302 e. The van der Waals surface area contributed by atoms with Gasteiger partial charge in [-0.2, -0.15) is 0 Å². The molecule has 0 aromatic rings. The fraction of sp³-hybridized carbons (Fsp3) is 0.806. The SMILES string of the molecule is CC(=O)NC[C@@H](I)C/C(C)=C1/O[C@@H]2C[C@H]3[C@H]4CC=C5C[C@@H](OC(C)=O)CC[C@]5(C)[C@@H]4CC[C@]3(C)[C@@H]2[C@@H]1C. The second kappa shape index (κ2) is 10.2. The highest BCUT2D eigenvalue weighted by molar-refractivity contribution is 14.1. The van der Waals surface area contributed by atoms with Crippen LogP contribution in [0.1, 0.15) is 92.9 Å². The molecule has 3 saturated carbocycles. The molecule has 0 aromatic carbocycles. The molecule has 1 amide bonds. The Kier molecular flexibility index (Phi) is 7.56. The Morgan fingerprint density at radius 1 is 1.19 bits per heavy atom. The van der Waals surface area contributed by atoms with Gasteiger partial charge in [0.2, 0.25) is 5.91 Å². The molecule has 37 heavy (non-hydrogen) atoms. The van der Waals surface area contributed by atoms with E-state index in [1.807, 2.05) is 0 Å². The topological polar surface area (TPSA) is 64.6 Å². The van der Waals surface area contributed by atoms with E-state index < -0.39 is 0 Å². The van der Waals surface area contributed by atoms with E-state index in [1.165, 1.54) is 43.9 Å². The van der Waals surface area contributed by atoms with E-state index in [2.05, 4.69) is 61.7 Å². The number of nitrogens with one attached hydrogen (secondary N) is 1. The van der Waals surface area contributed by atoms with Crippen molar-refractivity contribution in [3.63, 3.8) is 0 Å². The molecule has 1 saturated heterocycles. The van der Waals surface area contributed by atoms with Crippen LogP contribution in [-0.2, 0) is 19.1 Å². The van der Waals surface area contributed by atoms with E-state index in [1.54, 1.807) is 12.5 Å². The smallest absolute Gasteiger partial charge is 0.302 e. The Labute approximate surface area is 237 Å². The third kappa shape index (κ3) is 4.80. The zero-order chi connectivity index (χ0) is 26.7. The van der Waals surface area contributed by atoms with E-state index in [9.17, 15) is 9.59 Å². The number of rotatable bonds is 5. The summed E-state index contributed by atoms with van der Waals surface area (Å²) in [6.07, 6.45) is 12.0. The molecule has 1 aliphatic heterocycles. The van der Waals surface area contributed by atoms with Crippen LogP contribution in [0.15, 0.2) is 23.0 Å². The molecule has 5 aliphatic rings. The predicted molar refractivity (Wildman–Crippen MR) is 154 cm³/mol. The largest absolute Gasteiger partial charge is 0.494 e. The summed E-state index contributed by atoms with van der Waals surface area (Å²) in [7, 11) is 0. The van der Waals surface area contributed by atoms with Crippen LogP contribution in [0.4, 0.5) is 0 Å². The number of carbonyl (C=O) groups excluding carboxylic acids is 2. The first-order chi connectivity index (χ1) is 17.4. The van der Waals surface area contributed by atoms with E-state index >= 15 is 0 Å². The predicted octanol–water partition coefficient (Wildman–Crippen LogP) is 6.75. The van der Waals surface area contributed by atoms with E-state index in [0.29, 0.717) is 33.8 Å². The number of halogens is 1. The molecule has 0 spiro atoms. The van der Waals surface area contributed by atoms with Gasteiger partial charge >= 0.3 is 5.97 Å². The molecule has 0 bridgehead atoms. The summed E-state index contributed by atoms with van der Waals surface area (Å²) in [4.78, 5) is 22.9. The molecule has 1 N–H and O–H groups in total. The summed E-state index contributed by atoms with van der Waals surface area (Å²) in [5, 5.41) is 2.96. The van der Waals surface area contributed by atoms with Gasteiger partial charge in [0, 0.05) is 42.6 Å². The van der Waals surface area contributed by atoms with Crippen LogP contribution in [0.2, 0.25) is 0 Å². The van der Waals surface area contributed by atoms with Crippen LogP contribution in [0.5, 0.6) is 0 Å². The molecule has 10 atom stereocenters. The fourth-order valence-corrected chi connectivity index (χ4v) is 10.6. The van der Waals surface area contributed by atoms with Gasteiger partial charge in [-0.25, -0.2) is 0 Å². The summed E-state index contributed by atoms with van der Waals surface area (Å²) in [6, 6.07) is 0. The molecule has 6 heteroatoms. The normalized spacial score (nSPS) is 44.3. The van der Waals surface area contributed by atoms with Crippen molar-refractivity contribution in [1.82, 2.24) is 5.32 Å². The average molecular weight is 624 g/mol. The lowest BCUT2D eigenvalue weighted by atomic mass is 9.47. The second-order valence-electron chi connectivity index (χ2n) is 13.4. The van der Waals surface area contributed by atoms with E-state index in [4.69, 9.17) is 9.47 Å². The van der Waals surface area contributed by atoms with Gasteiger partial charge in [0.1, 0.15) is 12.2 Å². The average Bonchev–Trinajstić information content (AvgIpc) is 3.31. The Bertz CT molecular complexity index is 1010. The summed E-state index contributed by atoms with van der Waals surface area (Å²) in [5.41, 5.74) is 3.52. The molecule has 5 rings (SSSR count). The molecule has 5 nitrogen and oxygen atoms in total. The molecule has 206 valence electrons. The number of allylic oxidation sites excluding steroid dienone is 3. The zero-order valence-corrected chi connectivity index (χ0v) is 25.7. The Morgan fingerprint density at radius 3 is 2.65 bits per heavy atom. The molecule has 4 aliphatic carbocycles. The van der Waals surface area contributed by atoms with E-state index in [-0.39, 0.29) is 23.4 Å². The third-order valence-corrected chi connectivity index (χ3v) is 12.1. The minimum atomic E-state index is -0.145. The lowest BCUT2D eigenvalue weighted by Gasteiger charge is -2.58. The maximum atomic E-state index is 11.6. The van der Waals surface area contributed by atoms with Gasteiger partial charge in [-0.3, -0.25) is 9.59 Å². The first-order valence-electron chi connectivity index (χ1n) is 14.6. The van der Waals surface area contributed by atoms with Gasteiger partial charge in [-0.1, -0.05) is 55.0 Å². The van der Waals surface area contributed by atoms with Crippen LogP contribution < -0.4 is 5.32 Å². The van der Waals surface area contributed by atoms with Gasteiger partial charge in [-0.15, -0.1) is 0 Å². The van der Waals surface area contributed by atoms with E-state index in [0.717, 1.165) is 43.4 Å². The number of hydrogen-bond acceptors (Lipinski definition) is 4. The monoisotopic (exact) mass is 623 g/mol. The number of esters is 1. The van der Waals surface area contributed by atoms with Crippen LogP contribution in [0.25, 0.3) is 0 Å². The van der Waals surface area contributed by atoms with Crippen LogP contribution in [0, 0.1) is 40.4 Å². The van der Waals surface area contributed by atoms with Crippen molar-refractivity contribution in [2.75, 3.05) is 6.54 Å². The van der Waals surface area contributed by atoms with Gasteiger partial charge < -0.3 is 14.8 Å². The van der Waals surface area contributed by atoms with Gasteiger partial charge in [0.05, 0.1) is 5.76 Å². The third-order valence-electron chi connectivity index (χ3n) is 11.2. The van der Waals surface area contributed by atoms with Crippen molar-refractivity contribution < 1.29 is 19.1 Å². The lowest BCUT2D eigenvalue weighted by molar-refractivity contribution is -0.148. The summed E-state index contributed by atoms with van der Waals surface area (Å²) in [6.45, 7) is 13.6. The quantitative estimate of drug-likeness (QED) is 0.159. The lowest BCUT2D eigenvalue weighted by Crippen LogP contribution is -2.51. The van der Waals surface area contributed by atoms with Gasteiger partial charge in [0.25, 0.3) is 0 Å². The first kappa shape index (κ1) is 27.5. The molecule has 4 fully saturated rings. The van der Waals surface area contributed by atoms with Crippen LogP contribution in [-0.4, -0.2) is 34.6 Å². The number of amides is 1. The van der Waals surface area contributed by atoms with Crippen molar-refractivity contribution >= 4 is 34.5 Å². The standard InChI is InChI=1S/C31H46INO4/c1-17(13-22(32)16-33-19(3)34)29-18(2)28-27(37-29)15-26-24-8-7-21-14-23(36-20(4)35)9-11-30(21,5)25(24)10-12-31(26,28)6/h7,18,22-28H,8-16H2,1-6H3,(H,33,34)/b29-17+/t18-,22-,23-,24-,25+,26-,27+,28+,30-,31-/m0/s1. The minimum Gasteiger partial charge on any atom is -0.494 e. The Morgan fingerprint density at radius 2 is 1.95 bits per heavy atom. The van der Waals surface area contributed by atoms with Gasteiger partial charge in [-0.05, 0) is 86.0 Å². The Hall–Kier alpha value is -1.05. The number of hydrogen-bond donors (Lipinski definition) is 1. The molecular weight excluding hydrogens is 577 g/mol. The molecule has 0 radical (unpaired) electrons. The second-order valence-corrected chi connectivity index (χ2v) is 15.1. The summed E-state index contributed by atoms with van der Waals surface area (Å²) >= 11 is 2.46. The highest BCUT2D eigenvalue weighted by atomic mass is 127. The number of carbonyl (C=O) groups is 2. The van der Waals surface area contributed by atoms with Crippen molar-refractivity contribution in [1.29, 1.82) is 0 Å². The van der Waals surface area contributed by atoms with Crippen LogP contribution >= 0.6 is 22.6 Å². The highest BCUT2D eigenvalue weighted by Gasteiger charge is 2.65. The van der Waals surface area contributed by atoms with Crippen molar-refractivity contribution in [3.05, 3.63) is 23.0 Å². The number of ether oxygens (including phenoxy) is 2.